The molecule has 0 radical (unpaired) electrons. The largest absolute Gasteiger partial charge is 0.392 e. The van der Waals surface area contributed by atoms with E-state index in [1.807, 2.05) is 102 Å². The van der Waals surface area contributed by atoms with E-state index >= 15 is 0 Å². The van der Waals surface area contributed by atoms with Gasteiger partial charge in [-0.1, -0.05) is 67.6 Å². The first kappa shape index (κ1) is 33.0. The molecule has 2 saturated heterocycles. The van der Waals surface area contributed by atoms with Crippen molar-refractivity contribution in [3.05, 3.63) is 136 Å². The van der Waals surface area contributed by atoms with Crippen molar-refractivity contribution in [2.45, 2.75) is 50.9 Å². The van der Waals surface area contributed by atoms with Crippen LogP contribution in [-0.2, 0) is 16.1 Å². The van der Waals surface area contributed by atoms with Crippen molar-refractivity contribution in [1.29, 1.82) is 0 Å². The molecule has 2 aliphatic rings. The summed E-state index contributed by atoms with van der Waals surface area (Å²) in [6.07, 6.45) is 2.08. The number of hydrogen-bond acceptors (Lipinski definition) is 8. The van der Waals surface area contributed by atoms with E-state index in [0.717, 1.165) is 59.2 Å². The summed E-state index contributed by atoms with van der Waals surface area (Å²) in [4.78, 5) is 40.4. The summed E-state index contributed by atoms with van der Waals surface area (Å²) >= 11 is 0. The van der Waals surface area contributed by atoms with E-state index < -0.39 is 6.29 Å². The summed E-state index contributed by atoms with van der Waals surface area (Å²) in [5.41, 5.74) is 6.57. The molecule has 2 aromatic heterocycles. The molecule has 51 heavy (non-hydrogen) atoms. The van der Waals surface area contributed by atoms with Crippen LogP contribution in [0, 0.1) is 5.92 Å². The number of aliphatic hydroxyl groups excluding tert-OH is 1. The molecule has 0 unspecified atom stereocenters. The van der Waals surface area contributed by atoms with Crippen molar-refractivity contribution >= 4 is 33.7 Å². The maximum absolute atomic E-state index is 13.2. The summed E-state index contributed by atoms with van der Waals surface area (Å²) in [5.74, 6) is -0.341. The first-order valence-electron chi connectivity index (χ1n) is 17.5. The Morgan fingerprint density at radius 3 is 2.49 bits per heavy atom. The fourth-order valence-electron chi connectivity index (χ4n) is 7.40. The van der Waals surface area contributed by atoms with Crippen LogP contribution in [0.2, 0.25) is 0 Å². The zero-order chi connectivity index (χ0) is 34.9. The van der Waals surface area contributed by atoms with Crippen LogP contribution in [-0.4, -0.2) is 61.2 Å². The Kier molecular flexibility index (Phi) is 9.18. The van der Waals surface area contributed by atoms with Crippen LogP contribution in [0.4, 0.5) is 5.69 Å². The number of carbonyl (C=O) groups is 1. The summed E-state index contributed by atoms with van der Waals surface area (Å²) in [5, 5.41) is 12.6. The predicted octanol–water partition coefficient (Wildman–Crippen LogP) is 6.15. The normalized spacial score (nSPS) is 21.6. The van der Waals surface area contributed by atoms with Gasteiger partial charge in [-0.15, -0.1) is 0 Å². The molecule has 0 spiro atoms. The third kappa shape index (κ3) is 6.81. The Labute approximate surface area is 294 Å². The fourth-order valence-corrected chi connectivity index (χ4v) is 7.40. The Balaban J connectivity index is 1.00. The van der Waals surface area contributed by atoms with Gasteiger partial charge in [0.2, 0.25) is 0 Å². The highest BCUT2D eigenvalue weighted by Gasteiger charge is 2.40. The topological polar surface area (TPSA) is 135 Å². The lowest BCUT2D eigenvalue weighted by atomic mass is 9.89. The molecular weight excluding hydrogens is 644 g/mol. The number of rotatable bonds is 8. The van der Waals surface area contributed by atoms with Crippen molar-refractivity contribution in [2.75, 3.05) is 25.0 Å². The lowest BCUT2D eigenvalue weighted by Crippen LogP contribution is -2.47. The van der Waals surface area contributed by atoms with Crippen molar-refractivity contribution < 1.29 is 19.4 Å². The molecule has 3 N–H and O–H groups in total. The van der Waals surface area contributed by atoms with Gasteiger partial charge < -0.3 is 29.8 Å². The average molecular weight is 685 g/mol. The number of aromatic amines is 1. The van der Waals surface area contributed by atoms with Crippen molar-refractivity contribution in [1.82, 2.24) is 24.4 Å². The molecule has 4 atom stereocenters. The second-order valence-corrected chi connectivity index (χ2v) is 13.5. The number of carbonyl (C=O) groups excluding carboxylic acids is 1. The first-order chi connectivity index (χ1) is 24.9. The number of piperidine rings is 1. The second-order valence-electron chi connectivity index (χ2n) is 13.5. The second kappa shape index (κ2) is 14.2. The standard InChI is InChI=1S/C40H40N6O5/c1-25-36(23-45-19-17-30(18-20-45)46-35-12-5-4-11-33(35)44-40(46)49)50-39(51-37(25)27-15-13-26(24-47)14-16-27)28-7-6-8-29(21-28)42-38(48)34-22-41-31-9-2-3-10-32(31)43-34/h2-16,21-22,25,30,36-37,39,47H,17-20,23-24H2,1H3,(H,42,48)(H,44,49)/t25-,36+,37+,39+/m1/s1. The van der Waals surface area contributed by atoms with E-state index in [2.05, 4.69) is 32.1 Å². The summed E-state index contributed by atoms with van der Waals surface area (Å²) in [6, 6.07) is 30.8. The van der Waals surface area contributed by atoms with E-state index in [1.165, 1.54) is 6.20 Å². The van der Waals surface area contributed by atoms with Crippen LogP contribution in [0.15, 0.2) is 108 Å². The molecule has 11 heteroatoms. The van der Waals surface area contributed by atoms with Crippen LogP contribution < -0.4 is 11.0 Å². The number of fused-ring (bicyclic) bond motifs is 2. The Hall–Kier alpha value is -5.20. The molecule has 0 saturated carbocycles. The predicted molar refractivity (Wildman–Crippen MR) is 194 cm³/mol. The number of H-pyrrole nitrogens is 1. The molecule has 0 aliphatic carbocycles. The number of aliphatic hydroxyl groups is 1. The van der Waals surface area contributed by atoms with Crippen LogP contribution in [0.1, 0.15) is 65.4 Å². The zero-order valence-electron chi connectivity index (χ0n) is 28.3. The Morgan fingerprint density at radius 1 is 0.922 bits per heavy atom. The number of likely N-dealkylation sites (tertiary alicyclic amines) is 1. The first-order valence-corrected chi connectivity index (χ1v) is 17.5. The van der Waals surface area contributed by atoms with E-state index in [4.69, 9.17) is 9.47 Å². The molecule has 6 aromatic rings. The van der Waals surface area contributed by atoms with Gasteiger partial charge in [-0.2, -0.15) is 0 Å². The number of amides is 1. The SMILES string of the molecule is C[C@@H]1[C@H](CN2CCC(n3c(=O)[nH]c4ccccc43)CC2)O[C@H](c2cccc(NC(=O)c3cnc4ccccc4n3)c2)O[C@@H]1c1ccc(CO)cc1. The lowest BCUT2D eigenvalue weighted by Gasteiger charge is -2.44. The number of benzene rings is 4. The lowest BCUT2D eigenvalue weighted by molar-refractivity contribution is -0.276. The molecule has 8 rings (SSSR count). The van der Waals surface area contributed by atoms with Gasteiger partial charge in [-0.05, 0) is 60.4 Å². The molecule has 2 aliphatic heterocycles. The van der Waals surface area contributed by atoms with Crippen molar-refractivity contribution in [2.24, 2.45) is 5.92 Å². The number of aromatic nitrogens is 4. The summed E-state index contributed by atoms with van der Waals surface area (Å²) in [7, 11) is 0. The quantitative estimate of drug-likeness (QED) is 0.174. The summed E-state index contributed by atoms with van der Waals surface area (Å²) < 4.78 is 15.4. The van der Waals surface area contributed by atoms with E-state index in [0.29, 0.717) is 17.7 Å². The average Bonchev–Trinajstić information content (AvgIpc) is 3.51. The van der Waals surface area contributed by atoms with Crippen LogP contribution in [0.5, 0.6) is 0 Å². The van der Waals surface area contributed by atoms with E-state index in [9.17, 15) is 14.7 Å². The number of nitrogens with one attached hydrogen (secondary N) is 2. The highest BCUT2D eigenvalue weighted by atomic mass is 16.7. The maximum Gasteiger partial charge on any atom is 0.326 e. The molecule has 4 aromatic carbocycles. The van der Waals surface area contributed by atoms with Crippen LogP contribution >= 0.6 is 0 Å². The molecule has 1 amide bonds. The Bertz CT molecular complexity index is 2230. The third-order valence-electron chi connectivity index (χ3n) is 10.2. The van der Waals surface area contributed by atoms with E-state index in [-0.39, 0.29) is 48.1 Å². The molecule has 260 valence electrons. The van der Waals surface area contributed by atoms with Crippen LogP contribution in [0.3, 0.4) is 0 Å². The Morgan fingerprint density at radius 2 is 1.69 bits per heavy atom. The molecule has 11 nitrogen and oxygen atoms in total. The molecule has 2 fully saturated rings. The molecule has 4 heterocycles. The molecular formula is C40H40N6O5. The van der Waals surface area contributed by atoms with Gasteiger partial charge in [0, 0.05) is 42.8 Å². The highest BCUT2D eigenvalue weighted by molar-refractivity contribution is 6.03. The number of ether oxygens (including phenoxy) is 2. The minimum Gasteiger partial charge on any atom is -0.392 e. The van der Waals surface area contributed by atoms with Gasteiger partial charge in [0.1, 0.15) is 5.69 Å². The van der Waals surface area contributed by atoms with Crippen LogP contribution in [0.25, 0.3) is 22.1 Å². The minimum atomic E-state index is -0.687. The van der Waals surface area contributed by atoms with Gasteiger partial charge >= 0.3 is 5.69 Å². The highest BCUT2D eigenvalue weighted by Crippen LogP contribution is 2.42. The van der Waals surface area contributed by atoms with Crippen molar-refractivity contribution in [3.63, 3.8) is 0 Å². The number of para-hydroxylation sites is 4. The number of hydrogen-bond donors (Lipinski definition) is 3. The van der Waals surface area contributed by atoms with Crippen molar-refractivity contribution in [3.8, 4) is 0 Å². The fraction of sp³-hybridized carbons (Fsp3) is 0.300. The van der Waals surface area contributed by atoms with Gasteiger partial charge in [-0.25, -0.2) is 9.78 Å². The van der Waals surface area contributed by atoms with Gasteiger partial charge in [0.25, 0.3) is 5.91 Å². The number of nitrogens with zero attached hydrogens (tertiary/aromatic N) is 4. The molecule has 0 bridgehead atoms. The van der Waals surface area contributed by atoms with Gasteiger partial charge in [0.15, 0.2) is 6.29 Å². The smallest absolute Gasteiger partial charge is 0.326 e. The maximum atomic E-state index is 13.2. The van der Waals surface area contributed by atoms with Gasteiger partial charge in [0.05, 0.1) is 47.1 Å². The number of imidazole rings is 1. The van der Waals surface area contributed by atoms with E-state index in [1.54, 1.807) is 0 Å². The minimum absolute atomic E-state index is 0.0181. The third-order valence-corrected chi connectivity index (χ3v) is 10.2. The monoisotopic (exact) mass is 684 g/mol. The zero-order valence-corrected chi connectivity index (χ0v) is 28.3. The summed E-state index contributed by atoms with van der Waals surface area (Å²) in [6.45, 7) is 4.51. The number of anilines is 1. The van der Waals surface area contributed by atoms with Gasteiger partial charge in [-0.3, -0.25) is 14.3 Å².